The van der Waals surface area contributed by atoms with Gasteiger partial charge in [-0.25, -0.2) is 0 Å². The van der Waals surface area contributed by atoms with Gasteiger partial charge in [0.2, 0.25) is 0 Å². The summed E-state index contributed by atoms with van der Waals surface area (Å²) in [5.41, 5.74) is 6.86. The Morgan fingerprint density at radius 1 is 1.38 bits per heavy atom. The van der Waals surface area contributed by atoms with E-state index in [4.69, 9.17) is 5.73 Å². The van der Waals surface area contributed by atoms with E-state index < -0.39 is 6.61 Å². The van der Waals surface area contributed by atoms with E-state index >= 15 is 0 Å². The van der Waals surface area contributed by atoms with E-state index in [1.807, 2.05) is 6.07 Å². The van der Waals surface area contributed by atoms with Crippen LogP contribution in [0, 0.1) is 5.92 Å². The van der Waals surface area contributed by atoms with Crippen LogP contribution in [0.4, 0.5) is 8.78 Å². The molecule has 4 heteroatoms. The lowest BCUT2D eigenvalue weighted by atomic mass is 10.0. The largest absolute Gasteiger partial charge is 0.435 e. The third-order valence-corrected chi connectivity index (χ3v) is 2.80. The molecule has 1 aromatic carbocycles. The number of rotatable bonds is 5. The van der Waals surface area contributed by atoms with Crippen molar-refractivity contribution < 1.29 is 13.5 Å². The van der Waals surface area contributed by atoms with Crippen LogP contribution in [0.25, 0.3) is 0 Å². The van der Waals surface area contributed by atoms with Crippen LogP contribution < -0.4 is 10.5 Å². The van der Waals surface area contributed by atoms with Crippen molar-refractivity contribution in [2.75, 3.05) is 0 Å². The zero-order chi connectivity index (χ0) is 11.5. The first-order chi connectivity index (χ1) is 7.65. The van der Waals surface area contributed by atoms with Crippen molar-refractivity contribution in [1.29, 1.82) is 0 Å². The van der Waals surface area contributed by atoms with E-state index in [0.717, 1.165) is 17.9 Å². The zero-order valence-electron chi connectivity index (χ0n) is 8.90. The van der Waals surface area contributed by atoms with Crippen molar-refractivity contribution >= 4 is 0 Å². The maximum absolute atomic E-state index is 12.0. The van der Waals surface area contributed by atoms with Crippen molar-refractivity contribution in [2.24, 2.45) is 11.7 Å². The summed E-state index contributed by atoms with van der Waals surface area (Å²) in [4.78, 5) is 0. The molecule has 88 valence electrons. The molecule has 0 aliphatic heterocycles. The molecule has 2 rings (SSSR count). The predicted octanol–water partition coefficient (Wildman–Crippen LogP) is 3.09. The summed E-state index contributed by atoms with van der Waals surface area (Å²) in [6.07, 6.45) is 3.40. The summed E-state index contributed by atoms with van der Waals surface area (Å²) in [5.74, 6) is 0.897. The molecule has 1 aromatic rings. The first-order valence-corrected chi connectivity index (χ1v) is 5.45. The maximum Gasteiger partial charge on any atom is 0.387 e. The van der Waals surface area contributed by atoms with Crippen molar-refractivity contribution in [3.8, 4) is 5.75 Å². The van der Waals surface area contributed by atoms with Gasteiger partial charge in [0, 0.05) is 6.04 Å². The SMILES string of the molecule is NC(CC1CC1)c1cccc(OC(F)F)c1. The Hall–Kier alpha value is -1.16. The van der Waals surface area contributed by atoms with E-state index in [1.165, 1.54) is 18.9 Å². The summed E-state index contributed by atoms with van der Waals surface area (Å²) < 4.78 is 28.4. The molecule has 16 heavy (non-hydrogen) atoms. The molecule has 2 nitrogen and oxygen atoms in total. The van der Waals surface area contributed by atoms with Crippen molar-refractivity contribution in [3.05, 3.63) is 29.8 Å². The smallest absolute Gasteiger partial charge is 0.387 e. The fourth-order valence-corrected chi connectivity index (χ4v) is 1.77. The van der Waals surface area contributed by atoms with Crippen LogP contribution in [0.5, 0.6) is 5.75 Å². The Bertz CT molecular complexity index is 353. The molecule has 1 unspecified atom stereocenters. The van der Waals surface area contributed by atoms with E-state index in [0.29, 0.717) is 0 Å². The third-order valence-electron chi connectivity index (χ3n) is 2.80. The fourth-order valence-electron chi connectivity index (χ4n) is 1.77. The number of hydrogen-bond donors (Lipinski definition) is 1. The van der Waals surface area contributed by atoms with Crippen molar-refractivity contribution in [3.63, 3.8) is 0 Å². The Morgan fingerprint density at radius 2 is 2.12 bits per heavy atom. The normalized spacial score (nSPS) is 17.5. The second kappa shape index (κ2) is 4.78. The summed E-state index contributed by atoms with van der Waals surface area (Å²) in [6, 6.07) is 6.58. The second-order valence-electron chi connectivity index (χ2n) is 4.24. The molecule has 0 radical (unpaired) electrons. The van der Waals surface area contributed by atoms with Crippen LogP contribution in [0.2, 0.25) is 0 Å². The standard InChI is InChI=1S/C12H15F2NO/c13-12(14)16-10-3-1-2-9(7-10)11(15)6-8-4-5-8/h1-3,7-8,11-12H,4-6,15H2. The molecular formula is C12H15F2NO. The van der Waals surface area contributed by atoms with Gasteiger partial charge in [0.1, 0.15) is 5.75 Å². The van der Waals surface area contributed by atoms with Crippen LogP contribution in [0.1, 0.15) is 30.9 Å². The molecule has 1 saturated carbocycles. The number of benzene rings is 1. The summed E-state index contributed by atoms with van der Waals surface area (Å²) >= 11 is 0. The fraction of sp³-hybridized carbons (Fsp3) is 0.500. The lowest BCUT2D eigenvalue weighted by Gasteiger charge is -2.13. The van der Waals surface area contributed by atoms with Crippen LogP contribution in [-0.4, -0.2) is 6.61 Å². The molecule has 1 aliphatic rings. The molecule has 1 aliphatic carbocycles. The average Bonchev–Trinajstić information content (AvgIpc) is 3.01. The second-order valence-corrected chi connectivity index (χ2v) is 4.24. The highest BCUT2D eigenvalue weighted by molar-refractivity contribution is 5.30. The quantitative estimate of drug-likeness (QED) is 0.838. The summed E-state index contributed by atoms with van der Waals surface area (Å²) in [5, 5.41) is 0. The molecule has 0 amide bonds. The molecule has 1 fully saturated rings. The zero-order valence-corrected chi connectivity index (χ0v) is 8.90. The van der Waals surface area contributed by atoms with Gasteiger partial charge in [0.15, 0.2) is 0 Å². The highest BCUT2D eigenvalue weighted by atomic mass is 19.3. The monoisotopic (exact) mass is 227 g/mol. The molecule has 0 aromatic heterocycles. The van der Waals surface area contributed by atoms with Gasteiger partial charge in [-0.05, 0) is 30.0 Å². The molecule has 0 bridgehead atoms. The summed E-state index contributed by atoms with van der Waals surface area (Å²) in [6.45, 7) is -2.78. The minimum Gasteiger partial charge on any atom is -0.435 e. The molecule has 0 heterocycles. The van der Waals surface area contributed by atoms with Crippen LogP contribution >= 0.6 is 0 Å². The van der Waals surface area contributed by atoms with Crippen LogP contribution in [-0.2, 0) is 0 Å². The van der Waals surface area contributed by atoms with Gasteiger partial charge >= 0.3 is 6.61 Å². The maximum atomic E-state index is 12.0. The Morgan fingerprint density at radius 3 is 2.75 bits per heavy atom. The van der Waals surface area contributed by atoms with Crippen molar-refractivity contribution in [2.45, 2.75) is 31.9 Å². The molecule has 1 atom stereocenters. The van der Waals surface area contributed by atoms with Crippen molar-refractivity contribution in [1.82, 2.24) is 0 Å². The predicted molar refractivity (Wildman–Crippen MR) is 57.3 cm³/mol. The van der Waals surface area contributed by atoms with Crippen LogP contribution in [0.3, 0.4) is 0 Å². The van der Waals surface area contributed by atoms with Gasteiger partial charge in [-0.1, -0.05) is 25.0 Å². The van der Waals surface area contributed by atoms with Gasteiger partial charge in [-0.15, -0.1) is 0 Å². The molecular weight excluding hydrogens is 212 g/mol. The minimum absolute atomic E-state index is 0.0753. The first kappa shape index (κ1) is 11.3. The molecule has 2 N–H and O–H groups in total. The Kier molecular flexibility index (Phi) is 3.39. The average molecular weight is 227 g/mol. The first-order valence-electron chi connectivity index (χ1n) is 5.45. The number of alkyl halides is 2. The third kappa shape index (κ3) is 3.17. The highest BCUT2D eigenvalue weighted by Crippen LogP contribution is 2.37. The van der Waals surface area contributed by atoms with E-state index in [2.05, 4.69) is 4.74 Å². The van der Waals surface area contributed by atoms with Crippen LogP contribution in [0.15, 0.2) is 24.3 Å². The van der Waals surface area contributed by atoms with Gasteiger partial charge in [0.05, 0.1) is 0 Å². The van der Waals surface area contributed by atoms with Gasteiger partial charge in [-0.3, -0.25) is 0 Å². The number of ether oxygens (including phenoxy) is 1. The number of nitrogens with two attached hydrogens (primary N) is 1. The van der Waals surface area contributed by atoms with E-state index in [1.54, 1.807) is 12.1 Å². The lowest BCUT2D eigenvalue weighted by molar-refractivity contribution is -0.0499. The molecule has 0 spiro atoms. The topological polar surface area (TPSA) is 35.2 Å². The number of halogens is 2. The summed E-state index contributed by atoms with van der Waals surface area (Å²) in [7, 11) is 0. The molecule has 0 saturated heterocycles. The van der Waals surface area contributed by atoms with E-state index in [-0.39, 0.29) is 11.8 Å². The van der Waals surface area contributed by atoms with Gasteiger partial charge in [0.25, 0.3) is 0 Å². The lowest BCUT2D eigenvalue weighted by Crippen LogP contribution is -2.11. The highest BCUT2D eigenvalue weighted by Gasteiger charge is 2.24. The van der Waals surface area contributed by atoms with Gasteiger partial charge in [-0.2, -0.15) is 8.78 Å². The Balaban J connectivity index is 2.01. The number of hydrogen-bond acceptors (Lipinski definition) is 2. The van der Waals surface area contributed by atoms with E-state index in [9.17, 15) is 8.78 Å². The Labute approximate surface area is 93.4 Å². The van der Waals surface area contributed by atoms with Gasteiger partial charge < -0.3 is 10.5 Å². The minimum atomic E-state index is -2.78.